The Kier molecular flexibility index (Phi) is 8.63. The van der Waals surface area contributed by atoms with Gasteiger partial charge in [-0.1, -0.05) is 20.8 Å². The second-order valence-corrected chi connectivity index (χ2v) is 5.78. The van der Waals surface area contributed by atoms with Crippen LogP contribution in [0.5, 0.6) is 0 Å². The lowest BCUT2D eigenvalue weighted by Crippen LogP contribution is -2.47. The van der Waals surface area contributed by atoms with E-state index in [1.807, 2.05) is 26.8 Å². The van der Waals surface area contributed by atoms with Crippen LogP contribution < -0.4 is 0 Å². The average Bonchev–Trinajstić information content (AvgIpc) is 2.37. The molecule has 0 N–H and O–H groups in total. The molecule has 0 bridgehead atoms. The van der Waals surface area contributed by atoms with Crippen molar-refractivity contribution in [1.82, 2.24) is 4.90 Å². The number of hydrogen-bond acceptors (Lipinski definition) is 5. The lowest BCUT2D eigenvalue weighted by molar-refractivity contribution is -0.160. The summed E-state index contributed by atoms with van der Waals surface area (Å²) in [6, 6.07) is 2.01. The van der Waals surface area contributed by atoms with Crippen LogP contribution in [0, 0.1) is 22.7 Å². The van der Waals surface area contributed by atoms with E-state index in [4.69, 9.17) is 14.7 Å². The fraction of sp³-hybridized carbons (Fsp3) is 0.800. The van der Waals surface area contributed by atoms with Gasteiger partial charge in [0.25, 0.3) is 0 Å². The van der Waals surface area contributed by atoms with Gasteiger partial charge in [-0.25, -0.2) is 0 Å². The van der Waals surface area contributed by atoms with E-state index in [2.05, 4.69) is 0 Å². The van der Waals surface area contributed by atoms with Gasteiger partial charge in [0.05, 0.1) is 25.7 Å². The molecule has 0 aliphatic rings. The van der Waals surface area contributed by atoms with Gasteiger partial charge in [0, 0.05) is 20.2 Å². The summed E-state index contributed by atoms with van der Waals surface area (Å²) in [4.78, 5) is 26.3. The summed E-state index contributed by atoms with van der Waals surface area (Å²) in [5.41, 5.74) is -0.554. The largest absolute Gasteiger partial charge is 0.465 e. The Labute approximate surface area is 127 Å². The van der Waals surface area contributed by atoms with Crippen molar-refractivity contribution in [3.63, 3.8) is 0 Å². The van der Waals surface area contributed by atoms with Crippen LogP contribution in [0.1, 0.15) is 34.1 Å². The minimum Gasteiger partial charge on any atom is -0.465 e. The predicted molar refractivity (Wildman–Crippen MR) is 78.3 cm³/mol. The molecule has 0 saturated heterocycles. The molecule has 1 unspecified atom stereocenters. The molecule has 0 spiro atoms. The first-order valence-electron chi connectivity index (χ1n) is 7.10. The van der Waals surface area contributed by atoms with Gasteiger partial charge in [-0.2, -0.15) is 5.26 Å². The molecule has 0 aromatic heterocycles. The van der Waals surface area contributed by atoms with Crippen molar-refractivity contribution in [2.45, 2.75) is 34.1 Å². The fourth-order valence-electron chi connectivity index (χ4n) is 1.95. The van der Waals surface area contributed by atoms with Gasteiger partial charge in [0.1, 0.15) is 5.92 Å². The van der Waals surface area contributed by atoms with Gasteiger partial charge in [0.15, 0.2) is 0 Å². The molecule has 6 nitrogen and oxygen atoms in total. The molecule has 6 heteroatoms. The van der Waals surface area contributed by atoms with E-state index < -0.39 is 17.3 Å². The maximum Gasteiger partial charge on any atom is 0.319 e. The third-order valence-corrected chi connectivity index (χ3v) is 3.01. The minimum atomic E-state index is -0.881. The van der Waals surface area contributed by atoms with Crippen LogP contribution >= 0.6 is 0 Å². The predicted octanol–water partition coefficient (Wildman–Crippen LogP) is 1.60. The number of nitriles is 1. The number of carbonyl (C=O) groups is 2. The Balaban J connectivity index is 5.18. The summed E-state index contributed by atoms with van der Waals surface area (Å²) >= 11 is 0. The lowest BCUT2D eigenvalue weighted by atomic mass is 9.79. The van der Waals surface area contributed by atoms with Crippen molar-refractivity contribution >= 4 is 11.9 Å². The zero-order valence-electron chi connectivity index (χ0n) is 13.6. The first kappa shape index (κ1) is 19.4. The van der Waals surface area contributed by atoms with E-state index in [0.29, 0.717) is 13.2 Å². The zero-order valence-corrected chi connectivity index (χ0v) is 13.6. The molecule has 120 valence electrons. The van der Waals surface area contributed by atoms with E-state index in [1.54, 1.807) is 14.0 Å². The maximum atomic E-state index is 12.7. The molecular weight excluding hydrogens is 272 g/mol. The summed E-state index contributed by atoms with van der Waals surface area (Å²) in [5.74, 6) is -1.71. The molecule has 0 heterocycles. The summed E-state index contributed by atoms with van der Waals surface area (Å²) in [6.07, 6.45) is 0.217. The molecule has 1 amide bonds. The number of rotatable bonds is 8. The third kappa shape index (κ3) is 6.58. The summed E-state index contributed by atoms with van der Waals surface area (Å²) in [5, 5.41) is 8.70. The number of amides is 1. The average molecular weight is 298 g/mol. The van der Waals surface area contributed by atoms with Crippen LogP contribution in [0.2, 0.25) is 0 Å². The summed E-state index contributed by atoms with van der Waals surface area (Å²) in [7, 11) is 1.54. The summed E-state index contributed by atoms with van der Waals surface area (Å²) in [6.45, 7) is 8.40. The van der Waals surface area contributed by atoms with Crippen LogP contribution in [0.3, 0.4) is 0 Å². The molecule has 0 aliphatic heterocycles. The Morgan fingerprint density at radius 1 is 1.29 bits per heavy atom. The van der Waals surface area contributed by atoms with Crippen molar-refractivity contribution in [2.75, 3.05) is 33.4 Å². The Bertz CT molecular complexity index is 382. The maximum absolute atomic E-state index is 12.7. The van der Waals surface area contributed by atoms with Crippen molar-refractivity contribution in [3.05, 3.63) is 0 Å². The van der Waals surface area contributed by atoms with Crippen molar-refractivity contribution in [2.24, 2.45) is 11.3 Å². The first-order valence-corrected chi connectivity index (χ1v) is 7.10. The van der Waals surface area contributed by atoms with E-state index in [0.717, 1.165) is 0 Å². The number of esters is 1. The van der Waals surface area contributed by atoms with Gasteiger partial charge in [-0.05, 0) is 12.3 Å². The smallest absolute Gasteiger partial charge is 0.319 e. The van der Waals surface area contributed by atoms with Crippen LogP contribution in [0.25, 0.3) is 0 Å². The van der Waals surface area contributed by atoms with Gasteiger partial charge in [-0.3, -0.25) is 9.59 Å². The van der Waals surface area contributed by atoms with Crippen molar-refractivity contribution < 1.29 is 19.1 Å². The van der Waals surface area contributed by atoms with Gasteiger partial charge >= 0.3 is 5.97 Å². The molecule has 21 heavy (non-hydrogen) atoms. The van der Waals surface area contributed by atoms with Crippen LogP contribution in [0.4, 0.5) is 0 Å². The highest BCUT2D eigenvalue weighted by atomic mass is 16.5. The number of nitrogens with zero attached hydrogens (tertiary/aromatic N) is 2. The zero-order chi connectivity index (χ0) is 16.5. The number of carbonyl (C=O) groups excluding carboxylic acids is 2. The topological polar surface area (TPSA) is 79.6 Å². The minimum absolute atomic E-state index is 0.217. The highest BCUT2D eigenvalue weighted by Gasteiger charge is 2.41. The van der Waals surface area contributed by atoms with Crippen molar-refractivity contribution in [3.8, 4) is 6.07 Å². The molecule has 0 aromatic carbocycles. The highest BCUT2D eigenvalue weighted by Crippen LogP contribution is 2.29. The van der Waals surface area contributed by atoms with Crippen molar-refractivity contribution in [1.29, 1.82) is 5.26 Å². The monoisotopic (exact) mass is 298 g/mol. The first-order chi connectivity index (χ1) is 9.79. The van der Waals surface area contributed by atoms with Crippen LogP contribution in [-0.4, -0.2) is 50.2 Å². The van der Waals surface area contributed by atoms with Crippen LogP contribution in [-0.2, 0) is 19.1 Å². The van der Waals surface area contributed by atoms with Gasteiger partial charge in [0.2, 0.25) is 5.91 Å². The highest BCUT2D eigenvalue weighted by molar-refractivity contribution is 5.98. The quantitative estimate of drug-likeness (QED) is 0.502. The Morgan fingerprint density at radius 2 is 1.90 bits per heavy atom. The Hall–Kier alpha value is -1.61. The SMILES string of the molecule is CCOC(=O)C(C(=O)N(CCC#N)CCOC)C(C)(C)C. The molecule has 1 atom stereocenters. The van der Waals surface area contributed by atoms with Gasteiger partial charge in [-0.15, -0.1) is 0 Å². The molecule has 0 rings (SSSR count). The lowest BCUT2D eigenvalue weighted by Gasteiger charge is -2.32. The molecule has 0 aliphatic carbocycles. The molecule has 0 aromatic rings. The fourth-order valence-corrected chi connectivity index (χ4v) is 1.95. The molecule has 0 radical (unpaired) electrons. The molecule has 0 saturated carbocycles. The number of methoxy groups -OCH3 is 1. The second-order valence-electron chi connectivity index (χ2n) is 5.78. The van der Waals surface area contributed by atoms with E-state index in [9.17, 15) is 9.59 Å². The normalized spacial score (nSPS) is 12.4. The molecular formula is C15H26N2O4. The standard InChI is InChI=1S/C15H26N2O4/c1-6-21-14(19)12(15(2,3)4)13(18)17(9-7-8-16)10-11-20-5/h12H,6-7,9-11H2,1-5H3. The van der Waals surface area contributed by atoms with E-state index in [1.165, 1.54) is 4.90 Å². The van der Waals surface area contributed by atoms with Gasteiger partial charge < -0.3 is 14.4 Å². The molecule has 0 fully saturated rings. The van der Waals surface area contributed by atoms with E-state index >= 15 is 0 Å². The third-order valence-electron chi connectivity index (χ3n) is 3.01. The Morgan fingerprint density at radius 3 is 2.33 bits per heavy atom. The summed E-state index contributed by atoms with van der Waals surface area (Å²) < 4.78 is 10.0. The van der Waals surface area contributed by atoms with E-state index in [-0.39, 0.29) is 25.5 Å². The number of ether oxygens (including phenoxy) is 2. The second kappa shape index (κ2) is 9.35. The van der Waals surface area contributed by atoms with Crippen LogP contribution in [0.15, 0.2) is 0 Å². The number of hydrogen-bond donors (Lipinski definition) is 0.